The second kappa shape index (κ2) is 45.5. The molecule has 2 unspecified atom stereocenters. The van der Waals surface area contributed by atoms with Crippen LogP contribution in [0.1, 0.15) is 345 Å². The van der Waals surface area contributed by atoms with Crippen LogP contribution in [0.5, 0.6) is 0 Å². The van der Waals surface area contributed by atoms with Crippen molar-refractivity contribution in [3.05, 3.63) is 103 Å². The first-order valence-electron chi connectivity index (χ1n) is 40.0. The van der Waals surface area contributed by atoms with Crippen molar-refractivity contribution >= 4 is 91.2 Å². The summed E-state index contributed by atoms with van der Waals surface area (Å²) in [6.45, 7) is 15.2. The number of fused-ring (bicyclic) bond motifs is 1. The summed E-state index contributed by atoms with van der Waals surface area (Å²) in [5, 5.41) is 4.46. The van der Waals surface area contributed by atoms with Gasteiger partial charge in [0.2, 0.25) is 0 Å². The first-order valence-corrected chi connectivity index (χ1v) is 45.0. The molecule has 96 heavy (non-hydrogen) atoms. The van der Waals surface area contributed by atoms with Crippen LogP contribution in [-0.2, 0) is 22.4 Å². The molecule has 2 aliphatic rings. The molecule has 6 aromatic heterocycles. The zero-order valence-corrected chi connectivity index (χ0v) is 66.1. The van der Waals surface area contributed by atoms with Crippen LogP contribution in [-0.4, -0.2) is 34.7 Å². The first kappa shape index (κ1) is 78.3. The van der Waals surface area contributed by atoms with Crippen molar-refractivity contribution in [1.29, 1.82) is 0 Å². The van der Waals surface area contributed by atoms with Crippen LogP contribution in [0, 0.1) is 11.8 Å². The number of hydrogen-bond acceptors (Lipinski definition) is 8. The van der Waals surface area contributed by atoms with E-state index in [0.29, 0.717) is 36.1 Å². The molecule has 2 amide bonds. The van der Waals surface area contributed by atoms with Crippen molar-refractivity contribution in [1.82, 2.24) is 9.80 Å². The molecule has 6 aromatic rings. The minimum Gasteiger partial charge on any atom is -0.306 e. The minimum absolute atomic E-state index is 0.0532. The number of thiophene rings is 6. The Morgan fingerprint density at radius 1 is 0.302 bits per heavy atom. The normalized spacial score (nSPS) is 14.1. The lowest BCUT2D eigenvalue weighted by molar-refractivity contribution is -0.124. The van der Waals surface area contributed by atoms with E-state index in [1.807, 2.05) is 68.0 Å². The molecular formula is C86H128N2O2S6. The fourth-order valence-corrected chi connectivity index (χ4v) is 21.6. The fraction of sp³-hybridized carbons (Fsp3) is 0.651. The average Bonchev–Trinajstić information content (AvgIpc) is 1.55. The number of rotatable bonds is 56. The first-order chi connectivity index (χ1) is 47.3. The molecular weight excluding hydrogens is 1290 g/mol. The number of amides is 2. The van der Waals surface area contributed by atoms with Gasteiger partial charge in [-0.05, 0) is 134 Å². The molecule has 0 aromatic carbocycles. The summed E-state index contributed by atoms with van der Waals surface area (Å²) in [6, 6.07) is 23.3. The monoisotopic (exact) mass is 1410 g/mol. The standard InChI is InChI=1S/C86H128N2O2S6/c1-7-13-19-25-29-31-33-35-39-45-53-69-63-77(95-83(69)75-55-47-61-91-75)71-57-59-73(93-71)81-79-80(86(90)87(81)65-67(49-41-23-17-11-5)51-43-37-27-21-15-9-3)82(88(85(79)89)66-68(50-42-24-18-12-6)52-44-38-28-22-16-10-4)74-60-58-72(94-74)78-64-70(84(96-78)76-56-48-62-92-76)54-46-40-36-34-32-30-26-20-14-8-2/h47-48,55-64,67-68H,7-46,49-54,65-66H2,1-6H3. The number of nitrogens with zero attached hydrogens (tertiary/aromatic N) is 2. The SMILES string of the molecule is CCCCCCCCCCCCc1cc(-c2ccc(C3=C4C(=O)N(CC(CCCCCC)CCCCCCCC)C(c5ccc(-c6cc(CCCCCCCCCCCC)c(-c7cccs7)s6)s5)=C4C(=O)N3CC(CCCCCC)CCCCCCCC)s2)sc1-c1cccs1. The number of hydrogen-bond donors (Lipinski definition) is 0. The summed E-state index contributed by atoms with van der Waals surface area (Å²) in [5.74, 6) is 0.836. The second-order valence-corrected chi connectivity index (χ2v) is 35.1. The molecule has 10 heteroatoms. The Kier molecular flexibility index (Phi) is 37.1. The Morgan fingerprint density at radius 3 is 0.885 bits per heavy atom. The maximum atomic E-state index is 16.5. The highest BCUT2D eigenvalue weighted by atomic mass is 32.1. The molecule has 530 valence electrons. The Balaban J connectivity index is 1.18. The van der Waals surface area contributed by atoms with Crippen LogP contribution in [0.2, 0.25) is 0 Å². The summed E-state index contributed by atoms with van der Waals surface area (Å²) in [7, 11) is 0. The number of carbonyl (C=O) groups is 2. The lowest BCUT2D eigenvalue weighted by Gasteiger charge is -2.29. The van der Waals surface area contributed by atoms with E-state index < -0.39 is 0 Å². The van der Waals surface area contributed by atoms with E-state index in [9.17, 15) is 0 Å². The van der Waals surface area contributed by atoms with Gasteiger partial charge < -0.3 is 9.80 Å². The van der Waals surface area contributed by atoms with Crippen LogP contribution in [0.4, 0.5) is 0 Å². The van der Waals surface area contributed by atoms with Gasteiger partial charge in [-0.25, -0.2) is 0 Å². The topological polar surface area (TPSA) is 40.6 Å². The van der Waals surface area contributed by atoms with Gasteiger partial charge in [-0.15, -0.1) is 68.0 Å². The van der Waals surface area contributed by atoms with Gasteiger partial charge in [-0.3, -0.25) is 9.59 Å². The Morgan fingerprint density at radius 2 is 0.583 bits per heavy atom. The second-order valence-electron chi connectivity index (χ2n) is 28.9. The molecule has 4 nitrogen and oxygen atoms in total. The highest BCUT2D eigenvalue weighted by Crippen LogP contribution is 2.53. The molecule has 2 atom stereocenters. The zero-order chi connectivity index (χ0) is 67.4. The number of aryl methyl sites for hydroxylation is 2. The van der Waals surface area contributed by atoms with Crippen molar-refractivity contribution < 1.29 is 9.59 Å². The van der Waals surface area contributed by atoms with Crippen LogP contribution >= 0.6 is 68.0 Å². The molecule has 0 saturated carbocycles. The molecule has 0 N–H and O–H groups in total. The predicted molar refractivity (Wildman–Crippen MR) is 431 cm³/mol. The zero-order valence-electron chi connectivity index (χ0n) is 61.2. The van der Waals surface area contributed by atoms with Crippen LogP contribution in [0.15, 0.2) is 82.6 Å². The van der Waals surface area contributed by atoms with Crippen LogP contribution in [0.25, 0.3) is 50.4 Å². The third-order valence-electron chi connectivity index (χ3n) is 20.8. The molecule has 0 aliphatic carbocycles. The summed E-state index contributed by atoms with van der Waals surface area (Å²) < 4.78 is 0. The van der Waals surface area contributed by atoms with E-state index in [2.05, 4.69) is 123 Å². The summed E-state index contributed by atoms with van der Waals surface area (Å²) in [5.41, 5.74) is 6.07. The van der Waals surface area contributed by atoms with Crippen molar-refractivity contribution in [3.8, 4) is 39.0 Å². The molecule has 8 heterocycles. The van der Waals surface area contributed by atoms with Gasteiger partial charge >= 0.3 is 0 Å². The fourth-order valence-electron chi connectivity index (χ4n) is 15.1. The van der Waals surface area contributed by atoms with Gasteiger partial charge in [0.1, 0.15) is 0 Å². The van der Waals surface area contributed by atoms with E-state index >= 15 is 9.59 Å². The van der Waals surface area contributed by atoms with Crippen molar-refractivity contribution in [2.75, 3.05) is 13.1 Å². The van der Waals surface area contributed by atoms with Crippen molar-refractivity contribution in [3.63, 3.8) is 0 Å². The van der Waals surface area contributed by atoms with Crippen molar-refractivity contribution in [2.24, 2.45) is 11.8 Å². The smallest absolute Gasteiger partial charge is 0.261 e. The summed E-state index contributed by atoms with van der Waals surface area (Å²) in [4.78, 5) is 50.1. The third-order valence-corrected chi connectivity index (χ3v) is 27.8. The maximum absolute atomic E-state index is 16.5. The average molecular weight is 1410 g/mol. The third kappa shape index (κ3) is 24.4. The van der Waals surface area contributed by atoms with E-state index in [0.717, 1.165) is 59.7 Å². The Bertz CT molecular complexity index is 2930. The van der Waals surface area contributed by atoms with Crippen LogP contribution < -0.4 is 0 Å². The van der Waals surface area contributed by atoms with Gasteiger partial charge in [0.05, 0.1) is 32.3 Å². The summed E-state index contributed by atoms with van der Waals surface area (Å²) >= 11 is 11.3. The minimum atomic E-state index is 0.0532. The molecule has 2 aliphatic heterocycles. The highest BCUT2D eigenvalue weighted by Gasteiger charge is 2.50. The van der Waals surface area contributed by atoms with E-state index in [1.54, 1.807) is 0 Å². The van der Waals surface area contributed by atoms with Crippen LogP contribution in [0.3, 0.4) is 0 Å². The number of unbranched alkanes of at least 4 members (excludes halogenated alkanes) is 34. The largest absolute Gasteiger partial charge is 0.306 e. The quantitative estimate of drug-likeness (QED) is 0.0357. The molecule has 0 saturated heterocycles. The van der Waals surface area contributed by atoms with E-state index in [1.165, 1.54) is 307 Å². The van der Waals surface area contributed by atoms with Gasteiger partial charge in [-0.1, -0.05) is 298 Å². The van der Waals surface area contributed by atoms with E-state index in [4.69, 9.17) is 0 Å². The number of carbonyl (C=O) groups excluding carboxylic acids is 2. The predicted octanol–water partition coefficient (Wildman–Crippen LogP) is 30.1. The Labute approximate surface area is 610 Å². The van der Waals surface area contributed by atoms with Gasteiger partial charge in [0.15, 0.2) is 0 Å². The lowest BCUT2D eigenvalue weighted by atomic mass is 9.93. The van der Waals surface area contributed by atoms with Gasteiger partial charge in [0.25, 0.3) is 11.8 Å². The molecule has 0 bridgehead atoms. The Hall–Kier alpha value is -3.38. The lowest BCUT2D eigenvalue weighted by Crippen LogP contribution is -2.34. The summed E-state index contributed by atoms with van der Waals surface area (Å²) in [6.07, 6.45) is 58.5. The molecule has 0 spiro atoms. The van der Waals surface area contributed by atoms with Crippen molar-refractivity contribution in [2.45, 2.75) is 337 Å². The molecule has 0 radical (unpaired) electrons. The maximum Gasteiger partial charge on any atom is 0.261 e. The van der Waals surface area contributed by atoms with Gasteiger partial charge in [-0.2, -0.15) is 0 Å². The van der Waals surface area contributed by atoms with Gasteiger partial charge in [0, 0.05) is 52.1 Å². The highest BCUT2D eigenvalue weighted by molar-refractivity contribution is 7.27. The molecule has 0 fully saturated rings. The molecule has 8 rings (SSSR count). The van der Waals surface area contributed by atoms with E-state index in [-0.39, 0.29) is 11.8 Å².